The van der Waals surface area contributed by atoms with E-state index in [0.717, 1.165) is 26.2 Å². The average Bonchev–Trinajstić information content (AvgIpc) is 2.46. The van der Waals surface area contributed by atoms with Crippen LogP contribution in [0.25, 0.3) is 0 Å². The molecule has 0 bridgehead atoms. The predicted octanol–water partition coefficient (Wildman–Crippen LogP) is -0.400. The molecule has 1 fully saturated rings. The molecule has 0 saturated carbocycles. The quantitative estimate of drug-likeness (QED) is 0.664. The van der Waals surface area contributed by atoms with Gasteiger partial charge in [-0.1, -0.05) is 5.16 Å². The fraction of sp³-hybridized carbons (Fsp3) is 0.714. The van der Waals surface area contributed by atoms with Gasteiger partial charge in [-0.25, -0.2) is 0 Å². The number of hydrogen-bond donors (Lipinski definition) is 1. The van der Waals surface area contributed by atoms with E-state index in [1.807, 2.05) is 0 Å². The Kier molecular flexibility index (Phi) is 2.33. The molecule has 0 spiro atoms. The van der Waals surface area contributed by atoms with Crippen molar-refractivity contribution in [3.05, 3.63) is 12.2 Å². The van der Waals surface area contributed by atoms with Gasteiger partial charge in [0.15, 0.2) is 6.33 Å². The van der Waals surface area contributed by atoms with Crippen LogP contribution in [0.4, 0.5) is 0 Å². The van der Waals surface area contributed by atoms with Crippen LogP contribution in [-0.4, -0.2) is 35.9 Å². The maximum Gasteiger partial charge on any atom is 0.227 e. The maximum atomic E-state index is 5.01. The summed E-state index contributed by atoms with van der Waals surface area (Å²) in [5.41, 5.74) is 0. The summed E-state index contributed by atoms with van der Waals surface area (Å²) in [4.78, 5) is 3.91. The lowest BCUT2D eigenvalue weighted by atomic mass is 10.2. The molecule has 66 valence electrons. The molecule has 5 nitrogen and oxygen atoms in total. The number of hydrogen-bond acceptors (Lipinski definition) is 5. The molecular weight excluding hydrogens is 158 g/mol. The second-order valence-electron chi connectivity index (χ2n) is 2.77. The van der Waals surface area contributed by atoms with E-state index in [0.29, 0.717) is 11.9 Å². The maximum absolute atomic E-state index is 5.01. The molecule has 0 atom stereocenters. The first kappa shape index (κ1) is 7.70. The van der Waals surface area contributed by atoms with Gasteiger partial charge in [0.25, 0.3) is 0 Å². The van der Waals surface area contributed by atoms with Gasteiger partial charge in [-0.3, -0.25) is 0 Å². The van der Waals surface area contributed by atoms with E-state index in [1.54, 1.807) is 0 Å². The smallest absolute Gasteiger partial charge is 0.227 e. The van der Waals surface area contributed by atoms with Crippen molar-refractivity contribution in [1.29, 1.82) is 0 Å². The topological polar surface area (TPSA) is 60.2 Å². The Morgan fingerprint density at radius 2 is 2.50 bits per heavy atom. The zero-order chi connectivity index (χ0) is 8.23. The molecule has 1 aromatic heterocycles. The number of rotatable bonds is 4. The van der Waals surface area contributed by atoms with Gasteiger partial charge >= 0.3 is 0 Å². The molecule has 1 saturated heterocycles. The summed E-state index contributed by atoms with van der Waals surface area (Å²) in [5, 5.41) is 6.82. The fourth-order valence-corrected chi connectivity index (χ4v) is 1.04. The van der Waals surface area contributed by atoms with Gasteiger partial charge in [0.2, 0.25) is 5.89 Å². The zero-order valence-corrected chi connectivity index (χ0v) is 6.69. The second kappa shape index (κ2) is 3.64. The fourth-order valence-electron chi connectivity index (χ4n) is 1.04. The van der Waals surface area contributed by atoms with Gasteiger partial charge in [-0.15, -0.1) is 0 Å². The Bertz CT molecular complexity index is 221. The highest BCUT2D eigenvalue weighted by Gasteiger charge is 2.16. The highest BCUT2D eigenvalue weighted by Crippen LogP contribution is 1.99. The first-order chi connectivity index (χ1) is 5.95. The number of nitrogens with zero attached hydrogens (tertiary/aromatic N) is 2. The summed E-state index contributed by atoms with van der Waals surface area (Å²) in [6.07, 6.45) is 2.21. The molecular formula is C7H11N3O2. The highest BCUT2D eigenvalue weighted by atomic mass is 16.5. The summed E-state index contributed by atoms with van der Waals surface area (Å²) < 4.78 is 9.84. The number of nitrogens with one attached hydrogen (secondary N) is 1. The van der Waals surface area contributed by atoms with Crippen LogP contribution in [-0.2, 0) is 11.2 Å². The minimum absolute atomic E-state index is 0.521. The molecule has 1 aliphatic rings. The molecule has 1 aliphatic heterocycles. The third-order valence-electron chi connectivity index (χ3n) is 1.82. The Morgan fingerprint density at radius 1 is 1.58 bits per heavy atom. The molecule has 0 radical (unpaired) electrons. The highest BCUT2D eigenvalue weighted by molar-refractivity contribution is 4.78. The molecule has 1 aromatic rings. The minimum atomic E-state index is 0.521. The largest absolute Gasteiger partial charge is 0.378 e. The molecule has 0 aromatic carbocycles. The van der Waals surface area contributed by atoms with Crippen LogP contribution in [0, 0.1) is 0 Å². The van der Waals surface area contributed by atoms with Crippen LogP contribution >= 0.6 is 0 Å². The van der Waals surface area contributed by atoms with Crippen molar-refractivity contribution in [2.75, 3.05) is 19.8 Å². The Labute approximate surface area is 70.1 Å². The van der Waals surface area contributed by atoms with Crippen LogP contribution in [0.5, 0.6) is 0 Å². The molecule has 5 heteroatoms. The summed E-state index contributed by atoms with van der Waals surface area (Å²) in [5.74, 6) is 0.683. The predicted molar refractivity (Wildman–Crippen MR) is 40.6 cm³/mol. The van der Waals surface area contributed by atoms with Crippen LogP contribution < -0.4 is 5.32 Å². The molecule has 2 heterocycles. The second-order valence-corrected chi connectivity index (χ2v) is 2.77. The third kappa shape index (κ3) is 1.80. The molecule has 0 unspecified atom stereocenters. The van der Waals surface area contributed by atoms with Crippen molar-refractivity contribution in [1.82, 2.24) is 15.5 Å². The lowest BCUT2D eigenvalue weighted by Gasteiger charge is -2.26. The first-order valence-electron chi connectivity index (χ1n) is 4.02. The standard InChI is InChI=1S/C7H11N3O2/c1(7-9-5-10-12-7)2-8-6-3-11-4-6/h5-6,8H,1-4H2. The average molecular weight is 169 g/mol. The SMILES string of the molecule is c1noc(CCNC2COC2)n1. The van der Waals surface area contributed by atoms with Crippen molar-refractivity contribution in [3.8, 4) is 0 Å². The lowest BCUT2D eigenvalue weighted by molar-refractivity contribution is -0.00485. The van der Waals surface area contributed by atoms with Gasteiger partial charge in [0, 0.05) is 13.0 Å². The monoisotopic (exact) mass is 169 g/mol. The van der Waals surface area contributed by atoms with Crippen molar-refractivity contribution in [2.45, 2.75) is 12.5 Å². The number of aromatic nitrogens is 2. The van der Waals surface area contributed by atoms with Crippen molar-refractivity contribution in [3.63, 3.8) is 0 Å². The lowest BCUT2D eigenvalue weighted by Crippen LogP contribution is -2.46. The minimum Gasteiger partial charge on any atom is -0.378 e. The van der Waals surface area contributed by atoms with Gasteiger partial charge in [-0.05, 0) is 0 Å². The van der Waals surface area contributed by atoms with Crippen LogP contribution in [0.1, 0.15) is 5.89 Å². The zero-order valence-electron chi connectivity index (χ0n) is 6.69. The van der Waals surface area contributed by atoms with E-state index in [9.17, 15) is 0 Å². The van der Waals surface area contributed by atoms with Gasteiger partial charge in [0.05, 0.1) is 19.3 Å². The van der Waals surface area contributed by atoms with Crippen molar-refractivity contribution in [2.24, 2.45) is 0 Å². The molecule has 1 N–H and O–H groups in total. The van der Waals surface area contributed by atoms with Crippen molar-refractivity contribution < 1.29 is 9.26 Å². The summed E-state index contributed by atoms with van der Waals surface area (Å²) >= 11 is 0. The van der Waals surface area contributed by atoms with E-state index in [-0.39, 0.29) is 0 Å². The molecule has 2 rings (SSSR count). The van der Waals surface area contributed by atoms with Crippen molar-refractivity contribution >= 4 is 0 Å². The van der Waals surface area contributed by atoms with Gasteiger partial charge in [0.1, 0.15) is 0 Å². The van der Waals surface area contributed by atoms with Gasteiger partial charge < -0.3 is 14.6 Å². The molecule has 0 aliphatic carbocycles. The van der Waals surface area contributed by atoms with E-state index < -0.39 is 0 Å². The first-order valence-corrected chi connectivity index (χ1v) is 4.02. The Balaban J connectivity index is 1.62. The van der Waals surface area contributed by atoms with Crippen LogP contribution in [0.2, 0.25) is 0 Å². The summed E-state index contributed by atoms with van der Waals surface area (Å²) in [7, 11) is 0. The molecule has 12 heavy (non-hydrogen) atoms. The van der Waals surface area contributed by atoms with E-state index in [4.69, 9.17) is 9.26 Å². The van der Waals surface area contributed by atoms with E-state index in [2.05, 4.69) is 15.5 Å². The summed E-state index contributed by atoms with van der Waals surface area (Å²) in [6.45, 7) is 2.52. The van der Waals surface area contributed by atoms with E-state index in [1.165, 1.54) is 6.33 Å². The van der Waals surface area contributed by atoms with Gasteiger partial charge in [-0.2, -0.15) is 4.98 Å². The Morgan fingerprint density at radius 3 is 3.08 bits per heavy atom. The summed E-state index contributed by atoms with van der Waals surface area (Å²) in [6, 6.07) is 0.521. The Hall–Kier alpha value is -0.940. The molecule has 0 amide bonds. The van der Waals surface area contributed by atoms with Crippen LogP contribution in [0.15, 0.2) is 10.9 Å². The van der Waals surface area contributed by atoms with Crippen LogP contribution in [0.3, 0.4) is 0 Å². The third-order valence-corrected chi connectivity index (χ3v) is 1.82. The normalized spacial score (nSPS) is 17.7. The van der Waals surface area contributed by atoms with E-state index >= 15 is 0 Å². The number of ether oxygens (including phenoxy) is 1.